The van der Waals surface area contributed by atoms with Crippen molar-refractivity contribution in [1.29, 1.82) is 0 Å². The Labute approximate surface area is 224 Å². The van der Waals surface area contributed by atoms with E-state index in [0.29, 0.717) is 6.42 Å². The molecule has 7 N–H and O–H groups in total. The van der Waals surface area contributed by atoms with Gasteiger partial charge in [0.1, 0.15) is 18.1 Å². The van der Waals surface area contributed by atoms with Gasteiger partial charge < -0.3 is 31.8 Å². The van der Waals surface area contributed by atoms with E-state index in [1.54, 1.807) is 6.20 Å². The van der Waals surface area contributed by atoms with E-state index in [-0.39, 0.29) is 30.6 Å². The molecule has 4 atom stereocenters. The number of aromatic nitrogens is 1. The van der Waals surface area contributed by atoms with Gasteiger partial charge in [-0.15, -0.1) is 0 Å². The van der Waals surface area contributed by atoms with E-state index in [2.05, 4.69) is 20.9 Å². The maximum atomic E-state index is 13.4. The van der Waals surface area contributed by atoms with Crippen molar-refractivity contribution in [1.82, 2.24) is 20.9 Å². The molecule has 210 valence electrons. The van der Waals surface area contributed by atoms with Gasteiger partial charge in [0.15, 0.2) is 0 Å². The van der Waals surface area contributed by atoms with Gasteiger partial charge in [-0.25, -0.2) is 4.79 Å². The number of aliphatic carboxylic acids is 1. The van der Waals surface area contributed by atoms with Gasteiger partial charge in [0.25, 0.3) is 0 Å². The molecule has 38 heavy (non-hydrogen) atoms. The first-order chi connectivity index (χ1) is 17.8. The van der Waals surface area contributed by atoms with Crippen LogP contribution in [-0.4, -0.2) is 57.9 Å². The molecule has 0 aliphatic rings. The number of hydrogen-bond acceptors (Lipinski definition) is 5. The average molecular weight is 530 g/mol. The van der Waals surface area contributed by atoms with E-state index in [1.807, 2.05) is 65.8 Å². The predicted molar refractivity (Wildman–Crippen MR) is 147 cm³/mol. The summed E-state index contributed by atoms with van der Waals surface area (Å²) >= 11 is 0. The molecule has 2 rings (SSSR count). The molecule has 3 amide bonds. The summed E-state index contributed by atoms with van der Waals surface area (Å²) in [6.07, 6.45) is 2.49. The highest BCUT2D eigenvalue weighted by molar-refractivity contribution is 5.95. The van der Waals surface area contributed by atoms with Crippen LogP contribution in [0.1, 0.15) is 59.9 Å². The van der Waals surface area contributed by atoms with Crippen molar-refractivity contribution in [3.05, 3.63) is 36.0 Å². The van der Waals surface area contributed by atoms with E-state index in [0.717, 1.165) is 16.5 Å². The molecule has 0 fully saturated rings. The molecule has 1 heterocycles. The van der Waals surface area contributed by atoms with Crippen LogP contribution in [0.2, 0.25) is 0 Å². The topological polar surface area (TPSA) is 166 Å². The van der Waals surface area contributed by atoms with Gasteiger partial charge in [-0.2, -0.15) is 0 Å². The number of rotatable bonds is 14. The largest absolute Gasteiger partial charge is 0.480 e. The molecule has 0 aliphatic carbocycles. The molecule has 0 bridgehead atoms. The van der Waals surface area contributed by atoms with E-state index < -0.39 is 47.9 Å². The summed E-state index contributed by atoms with van der Waals surface area (Å²) in [5.74, 6) is -2.73. The van der Waals surface area contributed by atoms with Crippen LogP contribution in [0, 0.1) is 17.8 Å². The van der Waals surface area contributed by atoms with Crippen molar-refractivity contribution in [3.8, 4) is 0 Å². The summed E-state index contributed by atoms with van der Waals surface area (Å²) in [4.78, 5) is 54.5. The monoisotopic (exact) mass is 529 g/mol. The number of benzene rings is 1. The molecule has 0 aliphatic heterocycles. The molecular formula is C28H43N5O5. The third-order valence-corrected chi connectivity index (χ3v) is 6.41. The number of aromatic amines is 1. The highest BCUT2D eigenvalue weighted by Crippen LogP contribution is 2.20. The molecule has 0 spiro atoms. The number of carbonyl (C=O) groups is 4. The van der Waals surface area contributed by atoms with Crippen LogP contribution >= 0.6 is 0 Å². The van der Waals surface area contributed by atoms with Gasteiger partial charge in [0, 0.05) is 23.5 Å². The van der Waals surface area contributed by atoms with Crippen molar-refractivity contribution in [2.24, 2.45) is 23.5 Å². The van der Waals surface area contributed by atoms with E-state index in [1.165, 1.54) is 0 Å². The van der Waals surface area contributed by atoms with Crippen LogP contribution in [0.15, 0.2) is 30.5 Å². The van der Waals surface area contributed by atoms with Crippen molar-refractivity contribution in [3.63, 3.8) is 0 Å². The quantitative estimate of drug-likeness (QED) is 0.220. The highest BCUT2D eigenvalue weighted by atomic mass is 16.4. The molecule has 10 nitrogen and oxygen atoms in total. The van der Waals surface area contributed by atoms with E-state index >= 15 is 0 Å². The minimum Gasteiger partial charge on any atom is -0.480 e. The maximum Gasteiger partial charge on any atom is 0.326 e. The number of nitrogens with two attached hydrogens (primary N) is 1. The Balaban J connectivity index is 2.34. The lowest BCUT2D eigenvalue weighted by molar-refractivity contribution is -0.142. The minimum absolute atomic E-state index is 0.0360. The standard InChI is InChI=1S/C28H43N5O5/c1-15(2)11-21(32-27(36)24(29)17(5)6)25(34)31-22(26(35)33-23(28(37)38)12-16(3)4)13-18-14-30-20-10-8-7-9-19(18)20/h7-10,14-17,21-24,30H,11-13,29H2,1-6H3,(H,31,34)(H,32,36)(H,33,35)(H,37,38). The lowest BCUT2D eigenvalue weighted by atomic mass is 9.99. The highest BCUT2D eigenvalue weighted by Gasteiger charge is 2.32. The van der Waals surface area contributed by atoms with Gasteiger partial charge >= 0.3 is 5.97 Å². The number of carboxylic acids is 1. The predicted octanol–water partition coefficient (Wildman–Crippen LogP) is 2.32. The fraction of sp³-hybridized carbons (Fsp3) is 0.571. The lowest BCUT2D eigenvalue weighted by Crippen LogP contribution is -2.58. The van der Waals surface area contributed by atoms with E-state index in [4.69, 9.17) is 5.73 Å². The molecule has 10 heteroatoms. The second-order valence-electron chi connectivity index (χ2n) is 11.1. The normalized spacial score (nSPS) is 14.8. The summed E-state index contributed by atoms with van der Waals surface area (Å²) in [5, 5.41) is 18.7. The Bertz CT molecular complexity index is 1110. The first kappa shape index (κ1) is 30.8. The second-order valence-corrected chi connectivity index (χ2v) is 11.1. The summed E-state index contributed by atoms with van der Waals surface area (Å²) < 4.78 is 0. The van der Waals surface area contributed by atoms with Crippen LogP contribution in [0.25, 0.3) is 10.9 Å². The van der Waals surface area contributed by atoms with Gasteiger partial charge in [-0.3, -0.25) is 14.4 Å². The molecule has 0 saturated heterocycles. The van der Waals surface area contributed by atoms with Crippen LogP contribution in [0.3, 0.4) is 0 Å². The number of amides is 3. The Morgan fingerprint density at radius 1 is 0.816 bits per heavy atom. The van der Waals surface area contributed by atoms with Crippen LogP contribution in [0.4, 0.5) is 0 Å². The fourth-order valence-corrected chi connectivity index (χ4v) is 4.24. The van der Waals surface area contributed by atoms with Crippen LogP contribution < -0.4 is 21.7 Å². The number of fused-ring (bicyclic) bond motifs is 1. The molecule has 0 saturated carbocycles. The average Bonchev–Trinajstić information content (AvgIpc) is 3.24. The van der Waals surface area contributed by atoms with Crippen molar-refractivity contribution in [2.45, 2.75) is 85.0 Å². The number of carbonyl (C=O) groups excluding carboxylic acids is 3. The smallest absolute Gasteiger partial charge is 0.326 e. The summed E-state index contributed by atoms with van der Waals surface area (Å²) in [5.41, 5.74) is 7.66. The zero-order valence-corrected chi connectivity index (χ0v) is 23.2. The van der Waals surface area contributed by atoms with Crippen molar-refractivity contribution < 1.29 is 24.3 Å². The fourth-order valence-electron chi connectivity index (χ4n) is 4.24. The summed E-state index contributed by atoms with van der Waals surface area (Å²) in [6.45, 7) is 11.2. The number of H-pyrrole nitrogens is 1. The molecule has 1 aromatic heterocycles. The third-order valence-electron chi connectivity index (χ3n) is 6.41. The zero-order chi connectivity index (χ0) is 28.6. The first-order valence-electron chi connectivity index (χ1n) is 13.2. The zero-order valence-electron chi connectivity index (χ0n) is 23.2. The van der Waals surface area contributed by atoms with Gasteiger partial charge in [-0.05, 0) is 42.2 Å². The Hall–Kier alpha value is -3.40. The second kappa shape index (κ2) is 13.9. The Morgan fingerprint density at radius 2 is 1.34 bits per heavy atom. The van der Waals surface area contributed by atoms with Crippen LogP contribution in [-0.2, 0) is 25.6 Å². The summed E-state index contributed by atoms with van der Waals surface area (Å²) in [7, 11) is 0. The molecule has 0 radical (unpaired) electrons. The molecule has 4 unspecified atom stereocenters. The Morgan fingerprint density at radius 3 is 1.92 bits per heavy atom. The molecular weight excluding hydrogens is 486 g/mol. The number of hydrogen-bond donors (Lipinski definition) is 6. The molecule has 2 aromatic rings. The van der Waals surface area contributed by atoms with Crippen molar-refractivity contribution >= 4 is 34.6 Å². The maximum absolute atomic E-state index is 13.4. The van der Waals surface area contributed by atoms with Gasteiger partial charge in [-0.1, -0.05) is 59.7 Å². The van der Waals surface area contributed by atoms with Crippen molar-refractivity contribution in [2.75, 3.05) is 0 Å². The van der Waals surface area contributed by atoms with Crippen LogP contribution in [0.5, 0.6) is 0 Å². The van der Waals surface area contributed by atoms with Gasteiger partial charge in [0.2, 0.25) is 17.7 Å². The summed E-state index contributed by atoms with van der Waals surface area (Å²) in [6, 6.07) is 3.72. The number of nitrogens with one attached hydrogen (secondary N) is 4. The molecule has 1 aromatic carbocycles. The number of carboxylic acid groups (broad SMARTS) is 1. The SMILES string of the molecule is CC(C)CC(NC(=O)C(Cc1c[nH]c2ccccc12)NC(=O)C(CC(C)C)NC(=O)C(N)C(C)C)C(=O)O. The van der Waals surface area contributed by atoms with Gasteiger partial charge in [0.05, 0.1) is 6.04 Å². The lowest BCUT2D eigenvalue weighted by Gasteiger charge is -2.27. The van der Waals surface area contributed by atoms with E-state index in [9.17, 15) is 24.3 Å². The Kier molecular flexibility index (Phi) is 11.3. The number of para-hydroxylation sites is 1. The third kappa shape index (κ3) is 8.86. The minimum atomic E-state index is -1.14. The first-order valence-corrected chi connectivity index (χ1v) is 13.2.